The fourth-order valence-electron chi connectivity index (χ4n) is 2.48. The highest BCUT2D eigenvalue weighted by Crippen LogP contribution is 2.21. The Labute approximate surface area is 108 Å². The lowest BCUT2D eigenvalue weighted by atomic mass is 10.0. The lowest BCUT2D eigenvalue weighted by Gasteiger charge is -2.32. The number of hydrogen-bond donors (Lipinski definition) is 1. The predicted octanol–water partition coefficient (Wildman–Crippen LogP) is 1.24. The summed E-state index contributed by atoms with van der Waals surface area (Å²) in [4.78, 5) is 2.33. The Bertz CT molecular complexity index is 344. The molecule has 1 N–H and O–H groups in total. The molecule has 1 unspecified atom stereocenters. The SMILES string of the molecule is C=CCCC(O)CN1CCC(n2ccnn2)CC1. The van der Waals surface area contributed by atoms with E-state index in [0.29, 0.717) is 6.04 Å². The van der Waals surface area contributed by atoms with Crippen molar-refractivity contribution in [2.45, 2.75) is 37.8 Å². The minimum absolute atomic E-state index is 0.231. The molecule has 0 aliphatic carbocycles. The van der Waals surface area contributed by atoms with E-state index in [0.717, 1.165) is 45.3 Å². The Morgan fingerprint density at radius 2 is 2.22 bits per heavy atom. The summed E-state index contributed by atoms with van der Waals surface area (Å²) in [5.74, 6) is 0. The van der Waals surface area contributed by atoms with Crippen LogP contribution < -0.4 is 0 Å². The third kappa shape index (κ3) is 3.65. The zero-order valence-corrected chi connectivity index (χ0v) is 10.8. The Morgan fingerprint density at radius 3 is 2.83 bits per heavy atom. The summed E-state index contributed by atoms with van der Waals surface area (Å²) < 4.78 is 1.95. The molecular formula is C13H22N4O. The van der Waals surface area contributed by atoms with E-state index in [1.165, 1.54) is 0 Å². The van der Waals surface area contributed by atoms with E-state index >= 15 is 0 Å². The van der Waals surface area contributed by atoms with Crippen molar-refractivity contribution in [3.05, 3.63) is 25.0 Å². The Balaban J connectivity index is 1.71. The van der Waals surface area contributed by atoms with Gasteiger partial charge in [0.15, 0.2) is 0 Å². The summed E-state index contributed by atoms with van der Waals surface area (Å²) in [5.41, 5.74) is 0. The lowest BCUT2D eigenvalue weighted by molar-refractivity contribution is 0.0840. The fraction of sp³-hybridized carbons (Fsp3) is 0.692. The lowest BCUT2D eigenvalue weighted by Crippen LogP contribution is -2.39. The van der Waals surface area contributed by atoms with Crippen LogP contribution in [0.15, 0.2) is 25.0 Å². The van der Waals surface area contributed by atoms with E-state index < -0.39 is 0 Å². The van der Waals surface area contributed by atoms with E-state index in [9.17, 15) is 5.11 Å². The van der Waals surface area contributed by atoms with Crippen molar-refractivity contribution in [3.8, 4) is 0 Å². The van der Waals surface area contributed by atoms with Crippen LogP contribution in [0.4, 0.5) is 0 Å². The third-order valence-corrected chi connectivity index (χ3v) is 3.55. The highest BCUT2D eigenvalue weighted by molar-refractivity contribution is 4.80. The number of rotatable bonds is 6. The maximum absolute atomic E-state index is 9.87. The second-order valence-corrected chi connectivity index (χ2v) is 4.93. The summed E-state index contributed by atoms with van der Waals surface area (Å²) in [6.07, 6.45) is 9.15. The summed E-state index contributed by atoms with van der Waals surface area (Å²) in [6.45, 7) is 6.50. The van der Waals surface area contributed by atoms with Crippen LogP contribution >= 0.6 is 0 Å². The van der Waals surface area contributed by atoms with Gasteiger partial charge in [0.2, 0.25) is 0 Å². The van der Waals surface area contributed by atoms with Gasteiger partial charge in [-0.15, -0.1) is 11.7 Å². The number of nitrogens with zero attached hydrogens (tertiary/aromatic N) is 4. The molecule has 1 aliphatic rings. The predicted molar refractivity (Wildman–Crippen MR) is 70.2 cm³/mol. The first-order valence-electron chi connectivity index (χ1n) is 6.66. The van der Waals surface area contributed by atoms with Crippen LogP contribution in [0.1, 0.15) is 31.7 Å². The van der Waals surface area contributed by atoms with Gasteiger partial charge in [0.25, 0.3) is 0 Å². The third-order valence-electron chi connectivity index (χ3n) is 3.55. The van der Waals surface area contributed by atoms with Crippen LogP contribution in [0.25, 0.3) is 0 Å². The van der Waals surface area contributed by atoms with Crippen LogP contribution in [0.3, 0.4) is 0 Å². The standard InChI is InChI=1S/C13H22N4O/c1-2-3-4-13(18)11-16-8-5-12(6-9-16)17-10-7-14-15-17/h2,7,10,12-13,18H,1,3-6,8-9,11H2. The number of β-amino-alcohol motifs (C(OH)–C–C–N with tert-alkyl or cyclic N) is 1. The summed E-state index contributed by atoms with van der Waals surface area (Å²) in [7, 11) is 0. The molecule has 5 heteroatoms. The first-order valence-corrected chi connectivity index (χ1v) is 6.66. The van der Waals surface area contributed by atoms with Crippen molar-refractivity contribution in [1.29, 1.82) is 0 Å². The average molecular weight is 250 g/mol. The maximum atomic E-state index is 9.87. The van der Waals surface area contributed by atoms with Crippen molar-refractivity contribution in [3.63, 3.8) is 0 Å². The summed E-state index contributed by atoms with van der Waals surface area (Å²) in [6, 6.07) is 0.467. The molecule has 18 heavy (non-hydrogen) atoms. The molecule has 5 nitrogen and oxygen atoms in total. The quantitative estimate of drug-likeness (QED) is 0.772. The molecule has 1 fully saturated rings. The number of aromatic nitrogens is 3. The normalized spacial score (nSPS) is 19.8. The Morgan fingerprint density at radius 1 is 1.44 bits per heavy atom. The molecule has 0 bridgehead atoms. The number of aliphatic hydroxyl groups excluding tert-OH is 1. The number of likely N-dealkylation sites (tertiary alicyclic amines) is 1. The van der Waals surface area contributed by atoms with Gasteiger partial charge in [-0.25, -0.2) is 4.68 Å². The molecule has 1 aromatic rings. The Kier molecular flexibility index (Phi) is 4.90. The van der Waals surface area contributed by atoms with Gasteiger partial charge >= 0.3 is 0 Å². The van der Waals surface area contributed by atoms with Gasteiger partial charge in [-0.3, -0.25) is 0 Å². The average Bonchev–Trinajstić information content (AvgIpc) is 2.91. The highest BCUT2D eigenvalue weighted by atomic mass is 16.3. The van der Waals surface area contributed by atoms with Gasteiger partial charge in [0, 0.05) is 25.8 Å². The molecule has 1 aromatic heterocycles. The van der Waals surface area contributed by atoms with E-state index in [-0.39, 0.29) is 6.10 Å². The molecule has 1 saturated heterocycles. The van der Waals surface area contributed by atoms with E-state index in [1.54, 1.807) is 6.20 Å². The van der Waals surface area contributed by atoms with Gasteiger partial charge in [-0.05, 0) is 25.7 Å². The van der Waals surface area contributed by atoms with E-state index in [4.69, 9.17) is 0 Å². The van der Waals surface area contributed by atoms with Crippen molar-refractivity contribution in [1.82, 2.24) is 19.9 Å². The topological polar surface area (TPSA) is 54.2 Å². The van der Waals surface area contributed by atoms with Gasteiger partial charge in [0.1, 0.15) is 0 Å². The van der Waals surface area contributed by atoms with E-state index in [2.05, 4.69) is 21.8 Å². The largest absolute Gasteiger partial charge is 0.392 e. The Hall–Kier alpha value is -1.20. The molecule has 1 atom stereocenters. The minimum atomic E-state index is -0.231. The molecular weight excluding hydrogens is 228 g/mol. The van der Waals surface area contributed by atoms with Crippen LogP contribution in [0, 0.1) is 0 Å². The molecule has 100 valence electrons. The first-order chi connectivity index (χ1) is 8.79. The van der Waals surface area contributed by atoms with Crippen LogP contribution in [-0.4, -0.2) is 50.7 Å². The molecule has 0 spiro atoms. The second kappa shape index (κ2) is 6.66. The van der Waals surface area contributed by atoms with Gasteiger partial charge < -0.3 is 10.0 Å². The van der Waals surface area contributed by atoms with Crippen molar-refractivity contribution in [2.24, 2.45) is 0 Å². The summed E-state index contributed by atoms with van der Waals surface area (Å²) >= 11 is 0. The smallest absolute Gasteiger partial charge is 0.0693 e. The molecule has 0 radical (unpaired) electrons. The minimum Gasteiger partial charge on any atom is -0.392 e. The molecule has 0 aromatic carbocycles. The van der Waals surface area contributed by atoms with Crippen LogP contribution in [0.5, 0.6) is 0 Å². The zero-order valence-electron chi connectivity index (χ0n) is 10.8. The number of allylic oxidation sites excluding steroid dienone is 1. The van der Waals surface area contributed by atoms with Crippen molar-refractivity contribution < 1.29 is 5.11 Å². The van der Waals surface area contributed by atoms with Crippen molar-refractivity contribution in [2.75, 3.05) is 19.6 Å². The highest BCUT2D eigenvalue weighted by Gasteiger charge is 2.22. The second-order valence-electron chi connectivity index (χ2n) is 4.93. The number of hydrogen-bond acceptors (Lipinski definition) is 4. The number of aliphatic hydroxyl groups is 1. The zero-order chi connectivity index (χ0) is 12.8. The van der Waals surface area contributed by atoms with Gasteiger partial charge in [0.05, 0.1) is 18.3 Å². The fourth-order valence-corrected chi connectivity index (χ4v) is 2.48. The molecule has 2 heterocycles. The molecule has 1 aliphatic heterocycles. The van der Waals surface area contributed by atoms with Crippen molar-refractivity contribution >= 4 is 0 Å². The number of piperidine rings is 1. The van der Waals surface area contributed by atoms with Gasteiger partial charge in [-0.1, -0.05) is 11.3 Å². The summed E-state index contributed by atoms with van der Waals surface area (Å²) in [5, 5.41) is 17.8. The molecule has 0 saturated carbocycles. The first kappa shape index (κ1) is 13.2. The maximum Gasteiger partial charge on any atom is 0.0693 e. The molecule has 0 amide bonds. The van der Waals surface area contributed by atoms with Crippen LogP contribution in [0.2, 0.25) is 0 Å². The van der Waals surface area contributed by atoms with E-state index in [1.807, 2.05) is 17.0 Å². The molecule has 2 rings (SSSR count). The van der Waals surface area contributed by atoms with Gasteiger partial charge in [-0.2, -0.15) is 0 Å². The monoisotopic (exact) mass is 250 g/mol. The van der Waals surface area contributed by atoms with Crippen LogP contribution in [-0.2, 0) is 0 Å².